The number of nitrogens with zero attached hydrogens (tertiary/aromatic N) is 2. The van der Waals surface area contributed by atoms with Gasteiger partial charge in [0.05, 0.1) is 5.56 Å². The Morgan fingerprint density at radius 1 is 0.710 bits per heavy atom. The summed E-state index contributed by atoms with van der Waals surface area (Å²) in [5.74, 6) is -1.50. The van der Waals surface area contributed by atoms with Crippen molar-refractivity contribution >= 4 is 11.8 Å². The highest BCUT2D eigenvalue weighted by molar-refractivity contribution is 6.14. The summed E-state index contributed by atoms with van der Waals surface area (Å²) in [7, 11) is 0. The van der Waals surface area contributed by atoms with Gasteiger partial charge in [-0.05, 0) is 23.3 Å². The molecule has 5 rings (SSSR count). The maximum absolute atomic E-state index is 13.4. The predicted octanol–water partition coefficient (Wildman–Crippen LogP) is 4.69. The number of hydrogen-bond acceptors (Lipinski definition) is 5. The molecule has 4 aromatic rings. The number of fused-ring (bicyclic) bond motifs is 1. The minimum absolute atomic E-state index is 0.257. The van der Waals surface area contributed by atoms with Crippen molar-refractivity contribution < 1.29 is 14.3 Å². The third-order valence-electron chi connectivity index (χ3n) is 5.45. The fraction of sp³-hybridized carbons (Fsp3) is 0.0769. The van der Waals surface area contributed by atoms with Gasteiger partial charge >= 0.3 is 5.97 Å². The zero-order valence-electron chi connectivity index (χ0n) is 16.5. The lowest BCUT2D eigenvalue weighted by Gasteiger charge is -2.29. The van der Waals surface area contributed by atoms with Gasteiger partial charge in [0, 0.05) is 23.9 Å². The number of carbonyl (C=O) groups is 2. The first kappa shape index (κ1) is 18.9. The number of para-hydroxylation sites is 1. The van der Waals surface area contributed by atoms with Crippen LogP contribution in [0.3, 0.4) is 0 Å². The summed E-state index contributed by atoms with van der Waals surface area (Å²) in [6, 6.07) is 25.9. The van der Waals surface area contributed by atoms with Crippen molar-refractivity contribution in [1.82, 2.24) is 9.97 Å². The van der Waals surface area contributed by atoms with E-state index < -0.39 is 17.8 Å². The maximum atomic E-state index is 13.4. The number of Topliss-reactive ketones (excluding diaryl/α,β-unsaturated/α-hetero) is 1. The van der Waals surface area contributed by atoms with Gasteiger partial charge in [-0.2, -0.15) is 0 Å². The van der Waals surface area contributed by atoms with E-state index in [1.165, 1.54) is 0 Å². The largest absolute Gasteiger partial charge is 0.425 e. The Morgan fingerprint density at radius 2 is 1.32 bits per heavy atom. The van der Waals surface area contributed by atoms with Crippen LogP contribution in [0.15, 0.2) is 97.3 Å². The van der Waals surface area contributed by atoms with Gasteiger partial charge in [-0.25, -0.2) is 9.97 Å². The van der Waals surface area contributed by atoms with E-state index in [0.717, 1.165) is 11.1 Å². The first-order chi connectivity index (χ1) is 15.2. The molecule has 0 saturated heterocycles. The Bertz CT molecular complexity index is 1240. The molecule has 0 bridgehead atoms. The number of carbonyl (C=O) groups excluding carboxylic acids is 2. The standard InChI is InChI=1S/C26H18N2O3/c29-24-20-13-7-8-14-21(20)31-26(30)23(24)22(17-9-3-1-4-10-17)19-15-27-25(28-16-19)18-11-5-2-6-12-18/h1-16,22-23H. The highest BCUT2D eigenvalue weighted by Gasteiger charge is 2.43. The highest BCUT2D eigenvalue weighted by atomic mass is 16.5. The first-order valence-corrected chi connectivity index (χ1v) is 9.99. The summed E-state index contributed by atoms with van der Waals surface area (Å²) in [4.78, 5) is 35.3. The third-order valence-corrected chi connectivity index (χ3v) is 5.45. The lowest BCUT2D eigenvalue weighted by atomic mass is 9.77. The quantitative estimate of drug-likeness (QED) is 0.279. The molecule has 31 heavy (non-hydrogen) atoms. The van der Waals surface area contributed by atoms with Crippen LogP contribution in [0.4, 0.5) is 0 Å². The molecule has 0 amide bonds. The second-order valence-corrected chi connectivity index (χ2v) is 7.35. The van der Waals surface area contributed by atoms with E-state index in [1.54, 1.807) is 36.7 Å². The Kier molecular flexibility index (Phi) is 4.84. The zero-order valence-corrected chi connectivity index (χ0v) is 16.5. The molecule has 0 fully saturated rings. The van der Waals surface area contributed by atoms with E-state index in [2.05, 4.69) is 9.97 Å². The topological polar surface area (TPSA) is 69.2 Å². The molecule has 0 spiro atoms. The number of ether oxygens (including phenoxy) is 1. The van der Waals surface area contributed by atoms with Crippen molar-refractivity contribution in [3.63, 3.8) is 0 Å². The average molecular weight is 406 g/mol. The van der Waals surface area contributed by atoms with Gasteiger partial charge in [0.2, 0.25) is 0 Å². The van der Waals surface area contributed by atoms with Gasteiger partial charge < -0.3 is 4.74 Å². The number of hydrogen-bond donors (Lipinski definition) is 0. The molecule has 2 atom stereocenters. The Balaban J connectivity index is 1.59. The van der Waals surface area contributed by atoms with Crippen LogP contribution in [-0.4, -0.2) is 21.7 Å². The van der Waals surface area contributed by atoms with Gasteiger partial charge in [-0.1, -0.05) is 72.8 Å². The van der Waals surface area contributed by atoms with Crippen molar-refractivity contribution in [2.24, 2.45) is 5.92 Å². The molecule has 5 heteroatoms. The van der Waals surface area contributed by atoms with Crippen molar-refractivity contribution in [3.8, 4) is 17.1 Å². The lowest BCUT2D eigenvalue weighted by Crippen LogP contribution is -2.38. The molecule has 5 nitrogen and oxygen atoms in total. The van der Waals surface area contributed by atoms with E-state index in [9.17, 15) is 9.59 Å². The first-order valence-electron chi connectivity index (χ1n) is 9.99. The number of benzene rings is 3. The van der Waals surface area contributed by atoms with Crippen LogP contribution in [0.1, 0.15) is 27.4 Å². The third kappa shape index (κ3) is 3.51. The number of rotatable bonds is 4. The molecule has 2 unspecified atom stereocenters. The molecular formula is C26H18N2O3. The van der Waals surface area contributed by atoms with Crippen LogP contribution in [0, 0.1) is 5.92 Å². The van der Waals surface area contributed by atoms with Gasteiger partial charge in [0.1, 0.15) is 11.7 Å². The fourth-order valence-corrected chi connectivity index (χ4v) is 3.97. The molecule has 1 aromatic heterocycles. The van der Waals surface area contributed by atoms with Crippen molar-refractivity contribution in [2.75, 3.05) is 0 Å². The van der Waals surface area contributed by atoms with E-state index >= 15 is 0 Å². The summed E-state index contributed by atoms with van der Waals surface area (Å²) in [5.41, 5.74) is 2.82. The average Bonchev–Trinajstić information content (AvgIpc) is 2.83. The lowest BCUT2D eigenvalue weighted by molar-refractivity contribution is -0.138. The van der Waals surface area contributed by atoms with Gasteiger partial charge in [0.15, 0.2) is 11.6 Å². The minimum Gasteiger partial charge on any atom is -0.425 e. The number of esters is 1. The normalized spacial score (nSPS) is 16.3. The van der Waals surface area contributed by atoms with Crippen LogP contribution >= 0.6 is 0 Å². The van der Waals surface area contributed by atoms with E-state index in [4.69, 9.17) is 4.74 Å². The van der Waals surface area contributed by atoms with Crippen LogP contribution in [0.25, 0.3) is 11.4 Å². The van der Waals surface area contributed by atoms with Crippen LogP contribution < -0.4 is 4.74 Å². The molecule has 1 aliphatic heterocycles. The second kappa shape index (κ2) is 7.95. The van der Waals surface area contributed by atoms with Crippen molar-refractivity contribution in [1.29, 1.82) is 0 Å². The van der Waals surface area contributed by atoms with Crippen LogP contribution in [0.2, 0.25) is 0 Å². The van der Waals surface area contributed by atoms with Crippen molar-refractivity contribution in [3.05, 3.63) is 114 Å². The van der Waals surface area contributed by atoms with E-state index in [1.807, 2.05) is 60.7 Å². The summed E-state index contributed by atoms with van der Waals surface area (Å²) in [6.45, 7) is 0. The second-order valence-electron chi connectivity index (χ2n) is 7.35. The van der Waals surface area contributed by atoms with Gasteiger partial charge in [-0.15, -0.1) is 0 Å². The van der Waals surface area contributed by atoms with E-state index in [0.29, 0.717) is 22.7 Å². The van der Waals surface area contributed by atoms with Crippen LogP contribution in [0.5, 0.6) is 5.75 Å². The molecule has 150 valence electrons. The van der Waals surface area contributed by atoms with E-state index in [-0.39, 0.29) is 5.78 Å². The number of aromatic nitrogens is 2. The fourth-order valence-electron chi connectivity index (χ4n) is 3.97. The molecular weight excluding hydrogens is 388 g/mol. The molecule has 1 aliphatic rings. The smallest absolute Gasteiger partial charge is 0.323 e. The minimum atomic E-state index is -1.01. The molecule has 3 aromatic carbocycles. The molecule has 0 saturated carbocycles. The predicted molar refractivity (Wildman–Crippen MR) is 116 cm³/mol. The highest BCUT2D eigenvalue weighted by Crippen LogP contribution is 2.39. The van der Waals surface area contributed by atoms with Crippen molar-refractivity contribution in [2.45, 2.75) is 5.92 Å². The molecule has 0 N–H and O–H groups in total. The van der Waals surface area contributed by atoms with Crippen LogP contribution in [-0.2, 0) is 4.79 Å². The number of ketones is 1. The van der Waals surface area contributed by atoms with Gasteiger partial charge in [0.25, 0.3) is 0 Å². The Labute approximate surface area is 179 Å². The molecule has 2 heterocycles. The Hall–Kier alpha value is -4.12. The Morgan fingerprint density at radius 3 is 2.03 bits per heavy atom. The summed E-state index contributed by atoms with van der Waals surface area (Å²) in [6.07, 6.45) is 3.38. The maximum Gasteiger partial charge on any atom is 0.323 e. The molecule has 0 aliphatic carbocycles. The zero-order chi connectivity index (χ0) is 21.2. The monoisotopic (exact) mass is 406 g/mol. The van der Waals surface area contributed by atoms with Gasteiger partial charge in [-0.3, -0.25) is 9.59 Å². The summed E-state index contributed by atoms with van der Waals surface area (Å²) >= 11 is 0. The SMILES string of the molecule is O=C1Oc2ccccc2C(=O)C1C(c1ccccc1)c1cnc(-c2ccccc2)nc1. The summed E-state index contributed by atoms with van der Waals surface area (Å²) < 4.78 is 5.53. The summed E-state index contributed by atoms with van der Waals surface area (Å²) in [5, 5.41) is 0. The molecule has 0 radical (unpaired) electrons.